The molecule has 0 saturated carbocycles. The van der Waals surface area contributed by atoms with Crippen molar-refractivity contribution in [3.8, 4) is 23.3 Å². The molecule has 0 aliphatic carbocycles. The Morgan fingerprint density at radius 3 is 2.33 bits per heavy atom. The summed E-state index contributed by atoms with van der Waals surface area (Å²) in [5.41, 5.74) is 5.87. The van der Waals surface area contributed by atoms with Crippen LogP contribution in [0, 0.1) is 0 Å². The number of ether oxygens (including phenoxy) is 3. The molecule has 8 heteroatoms. The third-order valence-corrected chi connectivity index (χ3v) is 2.35. The summed E-state index contributed by atoms with van der Waals surface area (Å²) in [6.07, 6.45) is -4.81. The minimum Gasteiger partial charge on any atom is -0.479 e. The first-order valence-corrected chi connectivity index (χ1v) is 5.72. The molecule has 0 amide bonds. The van der Waals surface area contributed by atoms with Gasteiger partial charge in [-0.25, -0.2) is 0 Å². The van der Waals surface area contributed by atoms with Crippen molar-refractivity contribution in [3.63, 3.8) is 0 Å². The first-order valence-electron chi connectivity index (χ1n) is 5.72. The van der Waals surface area contributed by atoms with Gasteiger partial charge in [0, 0.05) is 6.07 Å². The van der Waals surface area contributed by atoms with E-state index in [9.17, 15) is 13.2 Å². The summed E-state index contributed by atoms with van der Waals surface area (Å²) < 4.78 is 51.0. The number of nitrogens with two attached hydrogens (primary N) is 1. The van der Waals surface area contributed by atoms with Crippen LogP contribution in [0.25, 0.3) is 0 Å². The van der Waals surface area contributed by atoms with Crippen LogP contribution in [0.2, 0.25) is 0 Å². The number of anilines is 1. The molecule has 5 nitrogen and oxygen atoms in total. The summed E-state index contributed by atoms with van der Waals surface area (Å²) in [4.78, 5) is 3.92. The van der Waals surface area contributed by atoms with Gasteiger partial charge in [0.25, 0.3) is 0 Å². The molecule has 112 valence electrons. The molecule has 21 heavy (non-hydrogen) atoms. The first kappa shape index (κ1) is 14.8. The molecule has 2 aromatic rings. The molecule has 0 radical (unpaired) electrons. The van der Waals surface area contributed by atoms with Gasteiger partial charge in [0.05, 0.1) is 12.8 Å². The van der Waals surface area contributed by atoms with E-state index >= 15 is 0 Å². The summed E-state index contributed by atoms with van der Waals surface area (Å²) in [5, 5.41) is 0. The number of aromatic nitrogens is 1. The van der Waals surface area contributed by atoms with Gasteiger partial charge in [0.2, 0.25) is 11.8 Å². The number of methoxy groups -OCH3 is 1. The van der Waals surface area contributed by atoms with E-state index in [2.05, 4.69) is 9.72 Å². The maximum Gasteiger partial charge on any atom is 0.573 e. The van der Waals surface area contributed by atoms with Crippen molar-refractivity contribution in [3.05, 3.63) is 36.4 Å². The van der Waals surface area contributed by atoms with Crippen molar-refractivity contribution in [1.82, 2.24) is 4.98 Å². The molecule has 0 fully saturated rings. The number of halogens is 3. The number of nitrogens with zero attached hydrogens (tertiary/aromatic N) is 1. The lowest BCUT2D eigenvalue weighted by Gasteiger charge is -2.13. The third-order valence-electron chi connectivity index (χ3n) is 2.35. The molecule has 2 N–H and O–H groups in total. The number of hydrogen-bond donors (Lipinski definition) is 1. The lowest BCUT2D eigenvalue weighted by atomic mass is 10.3. The minimum absolute atomic E-state index is 0.0271. The summed E-state index contributed by atoms with van der Waals surface area (Å²) in [6, 6.07) is 8.23. The highest BCUT2D eigenvalue weighted by Gasteiger charge is 2.32. The summed E-state index contributed by atoms with van der Waals surface area (Å²) >= 11 is 0. The third kappa shape index (κ3) is 3.91. The largest absolute Gasteiger partial charge is 0.573 e. The van der Waals surface area contributed by atoms with Crippen LogP contribution in [-0.4, -0.2) is 18.5 Å². The SMILES string of the molecule is COc1nc(Oc2ccccc2OC(F)(F)F)ccc1N. The van der Waals surface area contributed by atoms with Crippen LogP contribution >= 0.6 is 0 Å². The topological polar surface area (TPSA) is 66.6 Å². The molecule has 0 aliphatic heterocycles. The van der Waals surface area contributed by atoms with Crippen LogP contribution in [0.15, 0.2) is 36.4 Å². The average molecular weight is 300 g/mol. The Labute approximate surface area is 118 Å². The van der Waals surface area contributed by atoms with Crippen LogP contribution in [0.5, 0.6) is 23.3 Å². The van der Waals surface area contributed by atoms with Gasteiger partial charge in [-0.2, -0.15) is 4.98 Å². The zero-order chi connectivity index (χ0) is 15.5. The zero-order valence-electron chi connectivity index (χ0n) is 10.8. The fourth-order valence-electron chi connectivity index (χ4n) is 1.51. The number of alkyl halides is 3. The van der Waals surface area contributed by atoms with E-state index in [1.807, 2.05) is 0 Å². The molecular formula is C13H11F3N2O3. The smallest absolute Gasteiger partial charge is 0.479 e. The summed E-state index contributed by atoms with van der Waals surface area (Å²) in [5.74, 6) is -0.460. The van der Waals surface area contributed by atoms with Crippen LogP contribution in [0.1, 0.15) is 0 Å². The second kappa shape index (κ2) is 5.78. The number of benzene rings is 1. The Hall–Kier alpha value is -2.64. The monoisotopic (exact) mass is 300 g/mol. The maximum atomic E-state index is 12.3. The van der Waals surface area contributed by atoms with Crippen LogP contribution in [-0.2, 0) is 0 Å². The van der Waals surface area contributed by atoms with Gasteiger partial charge in [-0.05, 0) is 18.2 Å². The Balaban J connectivity index is 2.27. The Morgan fingerprint density at radius 2 is 1.71 bits per heavy atom. The van der Waals surface area contributed by atoms with Gasteiger partial charge in [-0.3, -0.25) is 0 Å². The van der Waals surface area contributed by atoms with E-state index in [4.69, 9.17) is 15.2 Å². The Bertz CT molecular complexity index is 632. The van der Waals surface area contributed by atoms with E-state index < -0.39 is 12.1 Å². The van der Waals surface area contributed by atoms with E-state index in [1.54, 1.807) is 0 Å². The van der Waals surface area contributed by atoms with E-state index in [0.717, 1.165) is 6.07 Å². The molecular weight excluding hydrogens is 289 g/mol. The molecule has 0 bridgehead atoms. The normalized spacial score (nSPS) is 11.0. The van der Waals surface area contributed by atoms with Gasteiger partial charge in [0.1, 0.15) is 0 Å². The molecule has 0 unspecified atom stereocenters. The highest BCUT2D eigenvalue weighted by atomic mass is 19.4. The van der Waals surface area contributed by atoms with Crippen molar-refractivity contribution in [2.75, 3.05) is 12.8 Å². The second-order valence-corrected chi connectivity index (χ2v) is 3.84. The Morgan fingerprint density at radius 1 is 1.05 bits per heavy atom. The van der Waals surface area contributed by atoms with Crippen molar-refractivity contribution in [1.29, 1.82) is 0 Å². The number of hydrogen-bond acceptors (Lipinski definition) is 5. The van der Waals surface area contributed by atoms with Crippen LogP contribution in [0.3, 0.4) is 0 Å². The lowest BCUT2D eigenvalue weighted by Crippen LogP contribution is -2.17. The molecule has 0 aliphatic rings. The quantitative estimate of drug-likeness (QED) is 0.937. The van der Waals surface area contributed by atoms with Gasteiger partial charge < -0.3 is 19.9 Å². The number of pyridine rings is 1. The average Bonchev–Trinajstić information content (AvgIpc) is 2.41. The number of para-hydroxylation sites is 2. The van der Waals surface area contributed by atoms with Gasteiger partial charge in [-0.1, -0.05) is 12.1 Å². The minimum atomic E-state index is -4.81. The molecule has 1 aromatic carbocycles. The van der Waals surface area contributed by atoms with Crippen LogP contribution in [0.4, 0.5) is 18.9 Å². The highest BCUT2D eigenvalue weighted by molar-refractivity contribution is 5.50. The van der Waals surface area contributed by atoms with Gasteiger partial charge >= 0.3 is 6.36 Å². The van der Waals surface area contributed by atoms with Crippen molar-refractivity contribution in [2.45, 2.75) is 6.36 Å². The van der Waals surface area contributed by atoms with Crippen molar-refractivity contribution in [2.24, 2.45) is 0 Å². The number of rotatable bonds is 4. The molecule has 1 heterocycles. The second-order valence-electron chi connectivity index (χ2n) is 3.84. The first-order chi connectivity index (χ1) is 9.89. The summed E-state index contributed by atoms with van der Waals surface area (Å²) in [6.45, 7) is 0. The zero-order valence-corrected chi connectivity index (χ0v) is 10.8. The van der Waals surface area contributed by atoms with Gasteiger partial charge in [-0.15, -0.1) is 13.2 Å². The molecule has 1 aromatic heterocycles. The van der Waals surface area contributed by atoms with Crippen molar-refractivity contribution >= 4 is 5.69 Å². The van der Waals surface area contributed by atoms with Crippen LogP contribution < -0.4 is 19.9 Å². The standard InChI is InChI=1S/C13H11F3N2O3/c1-19-12-8(17)6-7-11(18-12)20-9-4-2-3-5-10(9)21-13(14,15)16/h2-7H,17H2,1H3. The van der Waals surface area contributed by atoms with Gasteiger partial charge in [0.15, 0.2) is 11.5 Å². The van der Waals surface area contributed by atoms with E-state index in [-0.39, 0.29) is 23.2 Å². The lowest BCUT2D eigenvalue weighted by molar-refractivity contribution is -0.275. The van der Waals surface area contributed by atoms with E-state index in [1.165, 1.54) is 37.4 Å². The van der Waals surface area contributed by atoms with E-state index in [0.29, 0.717) is 0 Å². The predicted molar refractivity (Wildman–Crippen MR) is 68.4 cm³/mol. The Kier molecular flexibility index (Phi) is 4.06. The fraction of sp³-hybridized carbons (Fsp3) is 0.154. The molecule has 2 rings (SSSR count). The molecule has 0 atom stereocenters. The number of nitrogen functional groups attached to an aromatic ring is 1. The fourth-order valence-corrected chi connectivity index (χ4v) is 1.51. The van der Waals surface area contributed by atoms with Crippen molar-refractivity contribution < 1.29 is 27.4 Å². The molecule has 0 saturated heterocycles. The highest BCUT2D eigenvalue weighted by Crippen LogP contribution is 2.35. The predicted octanol–water partition coefficient (Wildman–Crippen LogP) is 3.36. The summed E-state index contributed by atoms with van der Waals surface area (Å²) in [7, 11) is 1.36. The molecule has 0 spiro atoms. The maximum absolute atomic E-state index is 12.3.